The standard InChI is InChI=1S/C41H49N7O6S2/c42-16-6-5-11-31(43)37(49)45-34(22-28-8-7-19-55-28)39(51)46-33(20-26-23-44-32-12-3-1-9-29(26)32)38(50)47-35(21-27-24-56-36-13-4-2-10-30(27)36)40(52)48-17-14-25(15-18-48)41(53)54/h1-4,7-10,12-13,19,23-25,31,33-35,44H,5-6,11,14-18,20-22,42-43H2,(H,45,49)(H,46,51)(H,47,50)(H,53,54)/t31-,33+,34-,35+/m0/s1. The highest BCUT2D eigenvalue weighted by Gasteiger charge is 2.35. The number of nitrogens with zero attached hydrogens (tertiary/aromatic N) is 1. The van der Waals surface area contributed by atoms with E-state index in [1.54, 1.807) is 22.4 Å². The number of fused-ring (bicyclic) bond motifs is 2. The van der Waals surface area contributed by atoms with Crippen molar-refractivity contribution in [1.82, 2.24) is 25.8 Å². The minimum atomic E-state index is -1.14. The van der Waals surface area contributed by atoms with E-state index in [9.17, 15) is 29.1 Å². The molecule has 4 atom stereocenters. The number of piperidine rings is 1. The van der Waals surface area contributed by atoms with Gasteiger partial charge in [-0.15, -0.1) is 22.7 Å². The van der Waals surface area contributed by atoms with E-state index in [1.807, 2.05) is 71.4 Å². The molecule has 1 fully saturated rings. The van der Waals surface area contributed by atoms with Crippen LogP contribution >= 0.6 is 22.7 Å². The van der Waals surface area contributed by atoms with E-state index in [0.717, 1.165) is 43.4 Å². The summed E-state index contributed by atoms with van der Waals surface area (Å²) in [7, 11) is 0. The van der Waals surface area contributed by atoms with Gasteiger partial charge >= 0.3 is 5.97 Å². The summed E-state index contributed by atoms with van der Waals surface area (Å²) in [5, 5.41) is 24.1. The molecule has 0 saturated carbocycles. The second-order valence-electron chi connectivity index (χ2n) is 14.3. The first-order valence-electron chi connectivity index (χ1n) is 19.0. The minimum Gasteiger partial charge on any atom is -0.481 e. The smallest absolute Gasteiger partial charge is 0.306 e. The van der Waals surface area contributed by atoms with Crippen LogP contribution in [0, 0.1) is 5.92 Å². The number of benzene rings is 2. The number of thiophene rings is 2. The highest BCUT2D eigenvalue weighted by molar-refractivity contribution is 7.17. The number of H-pyrrole nitrogens is 1. The lowest BCUT2D eigenvalue weighted by Gasteiger charge is -2.33. The van der Waals surface area contributed by atoms with Crippen LogP contribution in [0.1, 0.15) is 48.1 Å². The fourth-order valence-electron chi connectivity index (χ4n) is 7.21. The predicted octanol–water partition coefficient (Wildman–Crippen LogP) is 3.71. The molecule has 5 aromatic rings. The highest BCUT2D eigenvalue weighted by atomic mass is 32.1. The Morgan fingerprint density at radius 3 is 2.16 bits per heavy atom. The summed E-state index contributed by atoms with van der Waals surface area (Å²) in [6.07, 6.45) is 4.69. The third-order valence-electron chi connectivity index (χ3n) is 10.4. The molecule has 4 amide bonds. The molecule has 56 heavy (non-hydrogen) atoms. The number of unbranched alkanes of at least 4 members (excludes halogenated alkanes) is 1. The molecule has 3 aromatic heterocycles. The van der Waals surface area contributed by atoms with Crippen molar-refractivity contribution >= 4 is 73.3 Å². The van der Waals surface area contributed by atoms with Gasteiger partial charge in [-0.1, -0.05) is 48.9 Å². The number of carbonyl (C=O) groups excluding carboxylic acids is 4. The van der Waals surface area contributed by atoms with E-state index >= 15 is 0 Å². The van der Waals surface area contributed by atoms with Gasteiger partial charge in [0.05, 0.1) is 12.0 Å². The highest BCUT2D eigenvalue weighted by Crippen LogP contribution is 2.28. The molecule has 0 radical (unpaired) electrons. The van der Waals surface area contributed by atoms with Gasteiger partial charge in [0.1, 0.15) is 18.1 Å². The van der Waals surface area contributed by atoms with Crippen LogP contribution in [0.25, 0.3) is 21.0 Å². The number of aromatic amines is 1. The lowest BCUT2D eigenvalue weighted by Crippen LogP contribution is -2.59. The van der Waals surface area contributed by atoms with Gasteiger partial charge in [-0.3, -0.25) is 24.0 Å². The van der Waals surface area contributed by atoms with Crippen molar-refractivity contribution < 1.29 is 29.1 Å². The zero-order chi connectivity index (χ0) is 39.6. The third kappa shape index (κ3) is 10.2. The van der Waals surface area contributed by atoms with Crippen molar-refractivity contribution in [1.29, 1.82) is 0 Å². The summed E-state index contributed by atoms with van der Waals surface area (Å²) in [6.45, 7) is 0.984. The molecule has 6 rings (SSSR count). The summed E-state index contributed by atoms with van der Waals surface area (Å²) < 4.78 is 1.05. The predicted molar refractivity (Wildman–Crippen MR) is 219 cm³/mol. The molecule has 1 saturated heterocycles. The van der Waals surface area contributed by atoms with Crippen LogP contribution in [-0.4, -0.2) is 88.4 Å². The number of amides is 4. The van der Waals surface area contributed by atoms with Crippen molar-refractivity contribution in [3.05, 3.63) is 93.6 Å². The zero-order valence-electron chi connectivity index (χ0n) is 31.1. The summed E-state index contributed by atoms with van der Waals surface area (Å²) >= 11 is 3.00. The Morgan fingerprint density at radius 1 is 0.786 bits per heavy atom. The maximum absolute atomic E-state index is 14.6. The molecule has 1 aliphatic rings. The van der Waals surface area contributed by atoms with Gasteiger partial charge in [0.25, 0.3) is 0 Å². The average Bonchev–Trinajstić information content (AvgIpc) is 3.98. The van der Waals surface area contributed by atoms with Gasteiger partial charge in [-0.05, 0) is 77.7 Å². The van der Waals surface area contributed by atoms with Crippen molar-refractivity contribution in [2.24, 2.45) is 17.4 Å². The van der Waals surface area contributed by atoms with Crippen molar-refractivity contribution in [3.63, 3.8) is 0 Å². The molecule has 296 valence electrons. The fraction of sp³-hybridized carbons (Fsp3) is 0.390. The minimum absolute atomic E-state index is 0.0894. The molecule has 0 bridgehead atoms. The average molecular weight is 800 g/mol. The molecule has 9 N–H and O–H groups in total. The Balaban J connectivity index is 1.28. The summed E-state index contributed by atoms with van der Waals surface area (Å²) in [5.41, 5.74) is 14.4. The second kappa shape index (κ2) is 19.2. The van der Waals surface area contributed by atoms with E-state index in [-0.39, 0.29) is 38.3 Å². The number of carboxylic acid groups (broad SMARTS) is 1. The van der Waals surface area contributed by atoms with E-state index in [1.165, 1.54) is 11.3 Å². The first-order chi connectivity index (χ1) is 27.1. The molecular weight excluding hydrogens is 751 g/mol. The van der Waals surface area contributed by atoms with Crippen molar-refractivity contribution in [3.8, 4) is 0 Å². The number of likely N-dealkylation sites (tertiary alicyclic amines) is 1. The van der Waals surface area contributed by atoms with E-state index in [0.29, 0.717) is 32.2 Å². The summed E-state index contributed by atoms with van der Waals surface area (Å²) in [4.78, 5) is 73.8. The van der Waals surface area contributed by atoms with Gasteiger partial charge in [-0.2, -0.15) is 0 Å². The molecule has 4 heterocycles. The second-order valence-corrected chi connectivity index (χ2v) is 16.3. The molecule has 13 nitrogen and oxygen atoms in total. The SMILES string of the molecule is NCCCC[C@H](N)C(=O)N[C@@H](Cc1cccs1)C(=O)N[C@H](Cc1c[nH]c2ccccc12)C(=O)N[C@H](Cc1csc2ccccc12)C(=O)N1CCC(C(=O)O)CC1. The van der Waals surface area contributed by atoms with E-state index in [4.69, 9.17) is 11.5 Å². The van der Waals surface area contributed by atoms with Crippen LogP contribution in [-0.2, 0) is 43.2 Å². The Morgan fingerprint density at radius 2 is 1.45 bits per heavy atom. The molecule has 0 unspecified atom stereocenters. The largest absolute Gasteiger partial charge is 0.481 e. The number of hydrogen-bond donors (Lipinski definition) is 7. The van der Waals surface area contributed by atoms with E-state index in [2.05, 4.69) is 20.9 Å². The van der Waals surface area contributed by atoms with Crippen LogP contribution in [0.5, 0.6) is 0 Å². The Labute approximate surface area is 333 Å². The lowest BCUT2D eigenvalue weighted by atomic mass is 9.95. The van der Waals surface area contributed by atoms with E-state index < -0.39 is 53.8 Å². The number of nitrogens with one attached hydrogen (secondary N) is 4. The zero-order valence-corrected chi connectivity index (χ0v) is 32.7. The first-order valence-corrected chi connectivity index (χ1v) is 20.8. The van der Waals surface area contributed by atoms with Crippen LogP contribution in [0.15, 0.2) is 77.6 Å². The topological polar surface area (TPSA) is 213 Å². The van der Waals surface area contributed by atoms with Crippen molar-refractivity contribution in [2.75, 3.05) is 19.6 Å². The van der Waals surface area contributed by atoms with Crippen LogP contribution in [0.4, 0.5) is 0 Å². The lowest BCUT2D eigenvalue weighted by molar-refractivity contribution is -0.146. The number of rotatable bonds is 18. The Kier molecular flexibility index (Phi) is 13.9. The summed E-state index contributed by atoms with van der Waals surface area (Å²) in [5.74, 6) is -3.35. The Bertz CT molecular complexity index is 2120. The number of hydrogen-bond acceptors (Lipinski definition) is 9. The molecule has 0 spiro atoms. The van der Waals surface area contributed by atoms with Crippen LogP contribution in [0.3, 0.4) is 0 Å². The number of aliphatic carboxylic acids is 1. The molecule has 2 aromatic carbocycles. The van der Waals surface area contributed by atoms with Gasteiger partial charge in [-0.25, -0.2) is 0 Å². The maximum Gasteiger partial charge on any atom is 0.306 e. The number of aromatic nitrogens is 1. The van der Waals surface area contributed by atoms with Gasteiger partial charge in [0.2, 0.25) is 23.6 Å². The van der Waals surface area contributed by atoms with Crippen LogP contribution < -0.4 is 27.4 Å². The van der Waals surface area contributed by atoms with Gasteiger partial charge < -0.3 is 42.4 Å². The van der Waals surface area contributed by atoms with Crippen molar-refractivity contribution in [2.45, 2.75) is 75.5 Å². The number of carboxylic acids is 1. The third-order valence-corrected chi connectivity index (χ3v) is 12.3. The molecular formula is C41H49N7O6S2. The quantitative estimate of drug-likeness (QED) is 0.0648. The number of carbonyl (C=O) groups is 5. The normalized spacial score (nSPS) is 15.6. The number of nitrogens with two attached hydrogens (primary N) is 2. The molecule has 1 aliphatic heterocycles. The van der Waals surface area contributed by atoms with Gasteiger partial charge in [0, 0.05) is 59.0 Å². The molecule has 0 aliphatic carbocycles. The maximum atomic E-state index is 14.6. The monoisotopic (exact) mass is 799 g/mol. The van der Waals surface area contributed by atoms with Crippen LogP contribution in [0.2, 0.25) is 0 Å². The summed E-state index contributed by atoms with van der Waals surface area (Å²) in [6, 6.07) is 15.2. The Hall–Kier alpha value is -5.09. The fourth-order valence-corrected chi connectivity index (χ4v) is 8.94. The molecule has 15 heteroatoms. The number of para-hydroxylation sites is 1. The van der Waals surface area contributed by atoms with Gasteiger partial charge in [0.15, 0.2) is 0 Å². The first kappa shape index (κ1) is 40.6.